The predicted molar refractivity (Wildman–Crippen MR) is 74.3 cm³/mol. The highest BCUT2D eigenvalue weighted by molar-refractivity contribution is 5.86. The van der Waals surface area contributed by atoms with E-state index in [9.17, 15) is 13.6 Å². The van der Waals surface area contributed by atoms with Gasteiger partial charge in [-0.25, -0.2) is 13.6 Å². The average molecular weight is 301 g/mol. The Morgan fingerprint density at radius 3 is 2.41 bits per heavy atom. The van der Waals surface area contributed by atoms with Crippen LogP contribution in [-0.2, 0) is 0 Å². The van der Waals surface area contributed by atoms with Gasteiger partial charge in [0.15, 0.2) is 11.5 Å². The molecule has 22 heavy (non-hydrogen) atoms. The van der Waals surface area contributed by atoms with Crippen LogP contribution in [0.5, 0.6) is 0 Å². The third-order valence-corrected chi connectivity index (χ3v) is 3.14. The van der Waals surface area contributed by atoms with Gasteiger partial charge in [-0.15, -0.1) is 0 Å². The van der Waals surface area contributed by atoms with Gasteiger partial charge in [-0.2, -0.15) is 0 Å². The van der Waals surface area contributed by atoms with Crippen LogP contribution in [0.3, 0.4) is 0 Å². The van der Waals surface area contributed by atoms with Crippen LogP contribution in [0.15, 0.2) is 53.1 Å². The molecule has 0 aliphatic heterocycles. The van der Waals surface area contributed by atoms with Gasteiger partial charge in [0.05, 0.1) is 0 Å². The van der Waals surface area contributed by atoms with Gasteiger partial charge in [0.2, 0.25) is 0 Å². The predicted octanol–water partition coefficient (Wildman–Crippen LogP) is 3.99. The second kappa shape index (κ2) is 5.40. The van der Waals surface area contributed by atoms with E-state index in [1.807, 2.05) is 0 Å². The number of aromatic nitrogens is 1. The number of carbonyl (C=O) groups is 1. The molecule has 1 heterocycles. The van der Waals surface area contributed by atoms with Crippen molar-refractivity contribution < 1.29 is 23.2 Å². The Labute approximate surface area is 123 Å². The maximum absolute atomic E-state index is 14.0. The van der Waals surface area contributed by atoms with Crippen molar-refractivity contribution in [2.45, 2.75) is 0 Å². The number of halogens is 2. The first kappa shape index (κ1) is 13.9. The molecule has 0 saturated heterocycles. The van der Waals surface area contributed by atoms with Crippen LogP contribution in [0.25, 0.3) is 22.5 Å². The molecule has 0 unspecified atom stereocenters. The molecule has 0 aliphatic carbocycles. The third kappa shape index (κ3) is 2.46. The molecule has 0 aliphatic rings. The standard InChI is InChI=1S/C16H9F2NO3/c17-12-4-2-1-3-10(12)11-7-9(5-6-13(11)18)15-8-14(16(20)21)19-22-15/h1-8H,(H,20,21). The van der Waals surface area contributed by atoms with Crippen LogP contribution >= 0.6 is 0 Å². The molecule has 0 bridgehead atoms. The van der Waals surface area contributed by atoms with Crippen LogP contribution in [0, 0.1) is 11.6 Å². The number of aromatic carboxylic acids is 1. The molecular formula is C16H9F2NO3. The molecule has 6 heteroatoms. The SMILES string of the molecule is O=C(O)c1cc(-c2ccc(F)c(-c3ccccc3F)c2)on1. The monoisotopic (exact) mass is 301 g/mol. The summed E-state index contributed by atoms with van der Waals surface area (Å²) in [5.74, 6) is -2.21. The van der Waals surface area contributed by atoms with Crippen molar-refractivity contribution in [3.8, 4) is 22.5 Å². The number of carboxylic acid groups (broad SMARTS) is 1. The van der Waals surface area contributed by atoms with E-state index in [1.54, 1.807) is 6.07 Å². The van der Waals surface area contributed by atoms with Gasteiger partial charge in [-0.05, 0) is 24.3 Å². The molecule has 3 aromatic rings. The van der Waals surface area contributed by atoms with Gasteiger partial charge in [-0.3, -0.25) is 0 Å². The Morgan fingerprint density at radius 1 is 1.00 bits per heavy atom. The summed E-state index contributed by atoms with van der Waals surface area (Å²) in [5.41, 5.74) is 0.315. The number of benzene rings is 2. The molecule has 1 N–H and O–H groups in total. The molecule has 1 aromatic heterocycles. The highest BCUT2D eigenvalue weighted by Gasteiger charge is 2.15. The summed E-state index contributed by atoms with van der Waals surface area (Å²) in [6.07, 6.45) is 0. The summed E-state index contributed by atoms with van der Waals surface area (Å²) >= 11 is 0. The van der Waals surface area contributed by atoms with Crippen molar-refractivity contribution in [1.82, 2.24) is 5.16 Å². The van der Waals surface area contributed by atoms with Gasteiger partial charge < -0.3 is 9.63 Å². The highest BCUT2D eigenvalue weighted by Crippen LogP contribution is 2.30. The van der Waals surface area contributed by atoms with E-state index in [1.165, 1.54) is 42.5 Å². The van der Waals surface area contributed by atoms with Gasteiger partial charge in [0, 0.05) is 22.8 Å². The van der Waals surface area contributed by atoms with Gasteiger partial charge in [-0.1, -0.05) is 23.4 Å². The Hall–Kier alpha value is -3.02. The Kier molecular flexibility index (Phi) is 3.42. The first-order valence-electron chi connectivity index (χ1n) is 6.31. The van der Waals surface area contributed by atoms with Crippen molar-refractivity contribution in [2.24, 2.45) is 0 Å². The van der Waals surface area contributed by atoms with E-state index in [0.717, 1.165) is 0 Å². The van der Waals surface area contributed by atoms with E-state index < -0.39 is 17.6 Å². The van der Waals surface area contributed by atoms with Crippen molar-refractivity contribution in [3.05, 3.63) is 65.9 Å². The van der Waals surface area contributed by atoms with Crippen LogP contribution < -0.4 is 0 Å². The average Bonchev–Trinajstić information content (AvgIpc) is 2.99. The lowest BCUT2D eigenvalue weighted by Gasteiger charge is -2.06. The normalized spacial score (nSPS) is 10.6. The van der Waals surface area contributed by atoms with E-state index in [2.05, 4.69) is 5.16 Å². The second-order valence-corrected chi connectivity index (χ2v) is 4.56. The smallest absolute Gasteiger partial charge is 0.358 e. The molecule has 0 spiro atoms. The molecule has 0 amide bonds. The number of hydrogen-bond acceptors (Lipinski definition) is 3. The molecule has 3 rings (SSSR count). The fraction of sp³-hybridized carbons (Fsp3) is 0. The zero-order chi connectivity index (χ0) is 15.7. The van der Waals surface area contributed by atoms with Crippen LogP contribution in [-0.4, -0.2) is 16.2 Å². The summed E-state index contributed by atoms with van der Waals surface area (Å²) in [6.45, 7) is 0. The zero-order valence-electron chi connectivity index (χ0n) is 11.1. The van der Waals surface area contributed by atoms with E-state index in [0.29, 0.717) is 5.56 Å². The maximum Gasteiger partial charge on any atom is 0.358 e. The van der Waals surface area contributed by atoms with Crippen LogP contribution in [0.1, 0.15) is 10.5 Å². The van der Waals surface area contributed by atoms with Crippen molar-refractivity contribution in [1.29, 1.82) is 0 Å². The van der Waals surface area contributed by atoms with Crippen molar-refractivity contribution in [3.63, 3.8) is 0 Å². The second-order valence-electron chi connectivity index (χ2n) is 4.56. The summed E-state index contributed by atoms with van der Waals surface area (Å²) in [6, 6.07) is 11.0. The first-order chi connectivity index (χ1) is 10.6. The summed E-state index contributed by atoms with van der Waals surface area (Å²) in [7, 11) is 0. The molecule has 110 valence electrons. The lowest BCUT2D eigenvalue weighted by molar-refractivity contribution is 0.0686. The number of hydrogen-bond donors (Lipinski definition) is 1. The Balaban J connectivity index is 2.10. The fourth-order valence-corrected chi connectivity index (χ4v) is 2.08. The fourth-order valence-electron chi connectivity index (χ4n) is 2.08. The number of nitrogens with zero attached hydrogens (tertiary/aromatic N) is 1. The molecule has 0 fully saturated rings. The first-order valence-corrected chi connectivity index (χ1v) is 6.31. The summed E-state index contributed by atoms with van der Waals surface area (Å²) in [5, 5.41) is 12.2. The molecule has 4 nitrogen and oxygen atoms in total. The zero-order valence-corrected chi connectivity index (χ0v) is 11.1. The Morgan fingerprint density at radius 2 is 1.73 bits per heavy atom. The van der Waals surface area contributed by atoms with E-state index >= 15 is 0 Å². The lowest BCUT2D eigenvalue weighted by Crippen LogP contribution is -1.94. The molecule has 0 atom stereocenters. The van der Waals surface area contributed by atoms with Gasteiger partial charge in [0.25, 0.3) is 0 Å². The van der Waals surface area contributed by atoms with Gasteiger partial charge in [0.1, 0.15) is 11.6 Å². The maximum atomic E-state index is 14.0. The Bertz CT molecular complexity index is 858. The third-order valence-electron chi connectivity index (χ3n) is 3.14. The van der Waals surface area contributed by atoms with E-state index in [4.69, 9.17) is 9.63 Å². The molecule has 0 radical (unpaired) electrons. The highest BCUT2D eigenvalue weighted by atomic mass is 19.1. The lowest BCUT2D eigenvalue weighted by atomic mass is 10.0. The molecule has 2 aromatic carbocycles. The summed E-state index contributed by atoms with van der Waals surface area (Å²) < 4.78 is 32.7. The quantitative estimate of drug-likeness (QED) is 0.794. The van der Waals surface area contributed by atoms with Crippen LogP contribution in [0.2, 0.25) is 0 Å². The van der Waals surface area contributed by atoms with Crippen molar-refractivity contribution >= 4 is 5.97 Å². The van der Waals surface area contributed by atoms with Gasteiger partial charge >= 0.3 is 5.97 Å². The summed E-state index contributed by atoms with van der Waals surface area (Å²) in [4.78, 5) is 10.8. The minimum Gasteiger partial charge on any atom is -0.476 e. The minimum absolute atomic E-state index is 0.0591. The van der Waals surface area contributed by atoms with Crippen molar-refractivity contribution in [2.75, 3.05) is 0 Å². The number of carboxylic acids is 1. The molecular weight excluding hydrogens is 292 g/mol. The minimum atomic E-state index is -1.23. The number of rotatable bonds is 3. The van der Waals surface area contributed by atoms with E-state index in [-0.39, 0.29) is 22.6 Å². The largest absolute Gasteiger partial charge is 0.476 e. The topological polar surface area (TPSA) is 63.3 Å². The molecule has 0 saturated carbocycles. The van der Waals surface area contributed by atoms with Crippen LogP contribution in [0.4, 0.5) is 8.78 Å².